The average molecular weight is 136 g/mol. The van der Waals surface area contributed by atoms with E-state index in [1.165, 1.54) is 19.3 Å². The van der Waals surface area contributed by atoms with Crippen LogP contribution in [0.1, 0.15) is 39.0 Å². The van der Waals surface area contributed by atoms with Crippen LogP contribution in [0.5, 0.6) is 0 Å². The van der Waals surface area contributed by atoms with Gasteiger partial charge in [-0.25, -0.2) is 0 Å². The van der Waals surface area contributed by atoms with Crippen LogP contribution < -0.4 is 0 Å². The molecular formula is C7H18Si. The first kappa shape index (κ1) is 4.10. The van der Waals surface area contributed by atoms with Crippen LogP contribution in [0.3, 0.4) is 0 Å². The molecule has 0 rings (SSSR count). The largest absolute Gasteiger partial charge is 0.0658 e. The molecule has 0 aliphatic rings. The molecule has 0 N–H and O–H groups in total. The minimum Gasteiger partial charge on any atom is -0.0658 e. The molecule has 0 amide bonds. The molecule has 0 aromatic rings. The molecule has 0 nitrogen and oxygen atoms in total. The summed E-state index contributed by atoms with van der Waals surface area (Å²) in [7, 11) is -2.97. The zero-order valence-electron chi connectivity index (χ0n) is 8.74. The van der Waals surface area contributed by atoms with Crippen molar-refractivity contribution in [3.05, 3.63) is 0 Å². The molecule has 1 heteroatoms. The Morgan fingerprint density at radius 3 is 2.62 bits per heavy atom. The van der Waals surface area contributed by atoms with Gasteiger partial charge in [0.15, 0.2) is 0 Å². The van der Waals surface area contributed by atoms with Gasteiger partial charge in [-0.2, -0.15) is 0 Å². The monoisotopic (exact) mass is 136 g/mol. The van der Waals surface area contributed by atoms with Crippen molar-refractivity contribution >= 4 is 10.0 Å². The summed E-state index contributed by atoms with van der Waals surface area (Å²) in [5.74, 6) is 0. The molecule has 0 aromatic carbocycles. The first-order chi connectivity index (χ1) is 5.06. The molecule has 0 bridgehead atoms. The summed E-state index contributed by atoms with van der Waals surface area (Å²) < 4.78 is 21.3. The lowest BCUT2D eigenvalue weighted by Gasteiger charge is -1.93. The molecule has 8 heavy (non-hydrogen) atoms. The van der Waals surface area contributed by atoms with Crippen molar-refractivity contribution in [2.75, 3.05) is 0 Å². The van der Waals surface area contributed by atoms with Gasteiger partial charge < -0.3 is 0 Å². The SMILES string of the molecule is [3H][Si]([3H])([3H])CCCCCCC. The molecule has 0 atom stereocenters. The van der Waals surface area contributed by atoms with Crippen LogP contribution in [0.2, 0.25) is 6.04 Å². The van der Waals surface area contributed by atoms with E-state index in [0.29, 0.717) is 6.04 Å². The number of rotatable bonds is 6. The van der Waals surface area contributed by atoms with E-state index in [9.17, 15) is 0 Å². The van der Waals surface area contributed by atoms with E-state index < -0.39 is 10.0 Å². The third-order valence-corrected chi connectivity index (χ3v) is 1.63. The Hall–Kier alpha value is 0.217. The second kappa shape index (κ2) is 7.22. The van der Waals surface area contributed by atoms with Gasteiger partial charge >= 0.3 is 0 Å². The normalized spacial score (nSPS) is 16.9. The molecule has 0 spiro atoms. The fraction of sp³-hybridized carbons (Fsp3) is 1.00. The van der Waals surface area contributed by atoms with Gasteiger partial charge in [-0.15, -0.1) is 0 Å². The Morgan fingerprint density at radius 2 is 2.00 bits per heavy atom. The second-order valence-electron chi connectivity index (χ2n) is 2.16. The van der Waals surface area contributed by atoms with Gasteiger partial charge in [0.05, 0.1) is 0 Å². The molecule has 0 aliphatic carbocycles. The lowest BCUT2D eigenvalue weighted by Crippen LogP contribution is -1.75. The van der Waals surface area contributed by atoms with E-state index >= 15 is 0 Å². The van der Waals surface area contributed by atoms with E-state index in [4.69, 9.17) is 3.70 Å². The van der Waals surface area contributed by atoms with Crippen molar-refractivity contribution in [3.8, 4) is 0 Å². The van der Waals surface area contributed by atoms with Crippen molar-refractivity contribution in [2.24, 2.45) is 0 Å². The average Bonchev–Trinajstić information content (AvgIpc) is 1.85. The van der Waals surface area contributed by atoms with Crippen molar-refractivity contribution in [1.82, 2.24) is 0 Å². The van der Waals surface area contributed by atoms with Crippen LogP contribution >= 0.6 is 0 Å². The minimum absolute atomic E-state index is 0.525. The summed E-state index contributed by atoms with van der Waals surface area (Å²) in [5, 5.41) is 0. The van der Waals surface area contributed by atoms with Crippen LogP contribution in [-0.2, 0) is 0 Å². The highest BCUT2D eigenvalue weighted by Crippen LogP contribution is 2.02. The molecule has 0 unspecified atom stereocenters. The van der Waals surface area contributed by atoms with Crippen LogP contribution in [-0.4, -0.2) is 13.7 Å². The zero-order valence-corrected chi connectivity index (χ0v) is 6.74. The summed E-state index contributed by atoms with van der Waals surface area (Å²) in [6.07, 6.45) is 5.72. The lowest BCUT2D eigenvalue weighted by molar-refractivity contribution is 0.656. The van der Waals surface area contributed by atoms with Gasteiger partial charge in [-0.05, 0) is 0 Å². The molecule has 0 aromatic heterocycles. The Balaban J connectivity index is 3.02. The molecule has 0 aliphatic heterocycles. The second-order valence-corrected chi connectivity index (χ2v) is 2.66. The van der Waals surface area contributed by atoms with Crippen molar-refractivity contribution < 1.29 is 0 Å². The predicted octanol–water partition coefficient (Wildman–Crippen LogP) is 1.74. The molecular weight excluding hydrogens is 112 g/mol. The van der Waals surface area contributed by atoms with Gasteiger partial charge in [-0.3, -0.25) is 0 Å². The first-order valence-electron chi connectivity index (χ1n) is 5.06. The van der Waals surface area contributed by atoms with E-state index in [-0.39, 0.29) is 0 Å². The predicted molar refractivity (Wildman–Crippen MR) is 43.5 cm³/mol. The smallest absolute Gasteiger partial charge is 0.00729 e. The molecule has 0 fully saturated rings. The number of hydrogen-bond acceptors (Lipinski definition) is 0. The minimum atomic E-state index is -2.97. The quantitative estimate of drug-likeness (QED) is 0.385. The third kappa shape index (κ3) is 6.22. The van der Waals surface area contributed by atoms with E-state index in [2.05, 4.69) is 6.92 Å². The zero-order chi connectivity index (χ0) is 8.74. The van der Waals surface area contributed by atoms with Gasteiger partial charge in [0.1, 0.15) is 0 Å². The Kier molecular flexibility index (Phi) is 3.70. The number of unbranched alkanes of at least 4 members (excludes halogenated alkanes) is 4. The van der Waals surface area contributed by atoms with Crippen LogP contribution in [0, 0.1) is 0 Å². The van der Waals surface area contributed by atoms with E-state index in [1.807, 2.05) is 0 Å². The topological polar surface area (TPSA) is 0 Å². The maximum atomic E-state index is 7.08. The first-order valence-corrected chi connectivity index (χ1v) is 4.27. The summed E-state index contributed by atoms with van der Waals surface area (Å²) in [4.78, 5) is 0. The van der Waals surface area contributed by atoms with Gasteiger partial charge in [-0.1, -0.05) is 45.1 Å². The maximum absolute atomic E-state index is 7.08. The van der Waals surface area contributed by atoms with Crippen LogP contribution in [0.25, 0.3) is 0 Å². The van der Waals surface area contributed by atoms with Crippen molar-refractivity contribution in [2.45, 2.75) is 45.1 Å². The molecule has 50 valence electrons. The number of hydrogen-bond donors (Lipinski definition) is 0. The van der Waals surface area contributed by atoms with Gasteiger partial charge in [0, 0.05) is 13.7 Å². The Bertz CT molecular complexity index is 90.2. The maximum Gasteiger partial charge on any atom is 0.00729 e. The van der Waals surface area contributed by atoms with Crippen LogP contribution in [0.15, 0.2) is 0 Å². The molecule has 0 heterocycles. The summed E-state index contributed by atoms with van der Waals surface area (Å²) in [6, 6.07) is 0.525. The fourth-order valence-electron chi connectivity index (χ4n) is 0.729. The Morgan fingerprint density at radius 1 is 1.25 bits per heavy atom. The van der Waals surface area contributed by atoms with Gasteiger partial charge in [0.2, 0.25) is 0 Å². The third-order valence-electron chi connectivity index (χ3n) is 1.28. The van der Waals surface area contributed by atoms with Crippen molar-refractivity contribution in [1.29, 1.82) is 3.70 Å². The highest BCUT2D eigenvalue weighted by atomic mass is 28.1. The van der Waals surface area contributed by atoms with Crippen molar-refractivity contribution in [3.63, 3.8) is 0 Å². The van der Waals surface area contributed by atoms with Gasteiger partial charge in [0.25, 0.3) is 0 Å². The molecule has 0 radical (unpaired) electrons. The molecule has 0 saturated heterocycles. The summed E-state index contributed by atoms with van der Waals surface area (Å²) in [6.45, 7) is 2.17. The highest BCUT2D eigenvalue weighted by molar-refractivity contribution is 6.08. The summed E-state index contributed by atoms with van der Waals surface area (Å²) >= 11 is 0. The van der Waals surface area contributed by atoms with E-state index in [1.54, 1.807) is 0 Å². The summed E-state index contributed by atoms with van der Waals surface area (Å²) in [5.41, 5.74) is 0. The highest BCUT2D eigenvalue weighted by Gasteiger charge is 1.83. The van der Waals surface area contributed by atoms with E-state index in [0.717, 1.165) is 12.8 Å². The lowest BCUT2D eigenvalue weighted by atomic mass is 10.2. The van der Waals surface area contributed by atoms with Crippen LogP contribution in [0.4, 0.5) is 0 Å². The fourth-order valence-corrected chi connectivity index (χ4v) is 0.979. The standard InChI is InChI=1S/C7H18Si/c1-2-3-4-5-6-7-8/h2-7H2,1,8H3/i8T3. The Labute approximate surface area is 59.8 Å². The molecule has 0 saturated carbocycles.